The van der Waals surface area contributed by atoms with Crippen LogP contribution >= 0.6 is 11.3 Å². The number of Topliss-reactive ketones (excluding diaryl/α,β-unsaturated/α-hetero) is 1. The van der Waals surface area contributed by atoms with Crippen molar-refractivity contribution in [2.24, 2.45) is 0 Å². The molecule has 0 radical (unpaired) electrons. The van der Waals surface area contributed by atoms with Crippen molar-refractivity contribution in [1.29, 1.82) is 0 Å². The second kappa shape index (κ2) is 7.25. The number of nitrogens with zero attached hydrogens (tertiary/aromatic N) is 2. The summed E-state index contributed by atoms with van der Waals surface area (Å²) >= 11 is 1.18. The molecule has 0 saturated heterocycles. The zero-order valence-corrected chi connectivity index (χ0v) is 15.5. The third-order valence-corrected chi connectivity index (χ3v) is 4.91. The maximum atomic E-state index is 12.9. The van der Waals surface area contributed by atoms with Gasteiger partial charge in [-0.25, -0.2) is 9.78 Å². The van der Waals surface area contributed by atoms with E-state index in [9.17, 15) is 14.4 Å². The quantitative estimate of drug-likeness (QED) is 0.748. The number of hydrogen-bond donors (Lipinski definition) is 0. The van der Waals surface area contributed by atoms with Crippen molar-refractivity contribution in [3.8, 4) is 0 Å². The third kappa shape index (κ3) is 3.40. The Hall–Kier alpha value is -2.02. The number of rotatable bonds is 6. The van der Waals surface area contributed by atoms with Gasteiger partial charge in [0.1, 0.15) is 21.3 Å². The van der Waals surface area contributed by atoms with Crippen molar-refractivity contribution in [1.82, 2.24) is 9.55 Å². The smallest absolute Gasteiger partial charge is 0.348 e. The normalized spacial score (nSPS) is 11.2. The molecule has 0 aromatic carbocycles. The fraction of sp³-hybridized carbons (Fsp3) is 0.529. The van der Waals surface area contributed by atoms with Crippen LogP contribution in [0, 0.1) is 6.92 Å². The van der Waals surface area contributed by atoms with Gasteiger partial charge in [-0.1, -0.05) is 13.8 Å². The largest absolute Gasteiger partial charge is 0.462 e. The standard InChI is InChI=1S/C17H22N2O4S/c1-6-23-17(22)13-11(5)12-15(24-13)18-14(9(2)3)19(16(12)21)8-7-10(4)20/h9H,6-8H2,1-5H3. The van der Waals surface area contributed by atoms with Crippen molar-refractivity contribution in [3.05, 3.63) is 26.6 Å². The first kappa shape index (κ1) is 18.3. The number of aryl methyl sites for hydroxylation is 1. The first-order valence-corrected chi connectivity index (χ1v) is 8.79. The van der Waals surface area contributed by atoms with Crippen LogP contribution in [0.4, 0.5) is 0 Å². The van der Waals surface area contributed by atoms with E-state index in [-0.39, 0.29) is 30.3 Å². The zero-order chi connectivity index (χ0) is 18.0. The number of thiophene rings is 1. The van der Waals surface area contributed by atoms with Crippen LogP contribution < -0.4 is 5.56 Å². The van der Waals surface area contributed by atoms with Crippen LogP contribution in [0.2, 0.25) is 0 Å². The van der Waals surface area contributed by atoms with E-state index >= 15 is 0 Å². The fourth-order valence-corrected chi connectivity index (χ4v) is 3.62. The number of carbonyl (C=O) groups excluding carboxylic acids is 2. The lowest BCUT2D eigenvalue weighted by Gasteiger charge is -2.14. The van der Waals surface area contributed by atoms with Crippen LogP contribution in [0.5, 0.6) is 0 Å². The predicted molar refractivity (Wildman–Crippen MR) is 94.0 cm³/mol. The summed E-state index contributed by atoms with van der Waals surface area (Å²) in [6.07, 6.45) is 0.279. The Kier molecular flexibility index (Phi) is 5.54. The van der Waals surface area contributed by atoms with Gasteiger partial charge >= 0.3 is 5.97 Å². The molecule has 2 aromatic heterocycles. The average Bonchev–Trinajstić information content (AvgIpc) is 2.83. The molecule has 2 aromatic rings. The molecule has 0 aliphatic rings. The Bertz CT molecular complexity index is 848. The number of aromatic nitrogens is 2. The number of ether oxygens (including phenoxy) is 1. The third-order valence-electron chi connectivity index (χ3n) is 3.74. The van der Waals surface area contributed by atoms with E-state index in [1.54, 1.807) is 18.4 Å². The summed E-state index contributed by atoms with van der Waals surface area (Å²) in [5.74, 6) is 0.248. The second-order valence-electron chi connectivity index (χ2n) is 5.99. The van der Waals surface area contributed by atoms with Gasteiger partial charge in [0.15, 0.2) is 0 Å². The molecule has 0 saturated carbocycles. The molecule has 7 heteroatoms. The summed E-state index contributed by atoms with van der Waals surface area (Å²) in [5.41, 5.74) is 0.395. The van der Waals surface area contributed by atoms with Gasteiger partial charge in [-0.3, -0.25) is 14.2 Å². The highest BCUT2D eigenvalue weighted by Gasteiger charge is 2.23. The molecule has 0 fully saturated rings. The highest BCUT2D eigenvalue weighted by molar-refractivity contribution is 7.20. The van der Waals surface area contributed by atoms with E-state index < -0.39 is 5.97 Å². The maximum absolute atomic E-state index is 12.9. The molecule has 2 rings (SSSR count). The topological polar surface area (TPSA) is 78.3 Å². The van der Waals surface area contributed by atoms with Gasteiger partial charge in [0.25, 0.3) is 5.56 Å². The summed E-state index contributed by atoms with van der Waals surface area (Å²) in [7, 11) is 0. The van der Waals surface area contributed by atoms with Gasteiger partial charge in [-0.05, 0) is 26.3 Å². The van der Waals surface area contributed by atoms with E-state index in [0.717, 1.165) is 0 Å². The molecule has 130 valence electrons. The Balaban J connectivity index is 2.69. The van der Waals surface area contributed by atoms with E-state index in [4.69, 9.17) is 4.74 Å². The molecule has 0 atom stereocenters. The van der Waals surface area contributed by atoms with Crippen LogP contribution in [-0.2, 0) is 16.1 Å². The van der Waals surface area contributed by atoms with Gasteiger partial charge in [-0.15, -0.1) is 11.3 Å². The van der Waals surface area contributed by atoms with Crippen molar-refractivity contribution < 1.29 is 14.3 Å². The Morgan fingerprint density at radius 3 is 2.54 bits per heavy atom. The molecule has 0 amide bonds. The number of carbonyl (C=O) groups is 2. The Morgan fingerprint density at radius 1 is 1.33 bits per heavy atom. The van der Waals surface area contributed by atoms with Crippen LogP contribution in [-0.4, -0.2) is 27.9 Å². The van der Waals surface area contributed by atoms with Gasteiger partial charge in [0, 0.05) is 18.9 Å². The van der Waals surface area contributed by atoms with Crippen LogP contribution in [0.3, 0.4) is 0 Å². The molecule has 2 heterocycles. The minimum atomic E-state index is -0.432. The summed E-state index contributed by atoms with van der Waals surface area (Å²) in [6, 6.07) is 0. The second-order valence-corrected chi connectivity index (χ2v) is 6.99. The highest BCUT2D eigenvalue weighted by atomic mass is 32.1. The predicted octanol–water partition coefficient (Wildman–Crippen LogP) is 3.05. The number of fused-ring (bicyclic) bond motifs is 1. The maximum Gasteiger partial charge on any atom is 0.348 e. The van der Waals surface area contributed by atoms with E-state index in [0.29, 0.717) is 33.0 Å². The molecule has 0 N–H and O–H groups in total. The molecular weight excluding hydrogens is 328 g/mol. The SMILES string of the molecule is CCOC(=O)c1sc2nc(C(C)C)n(CCC(C)=O)c(=O)c2c1C. The summed E-state index contributed by atoms with van der Waals surface area (Å²) in [5, 5.41) is 0.441. The fourth-order valence-electron chi connectivity index (χ4n) is 2.55. The van der Waals surface area contributed by atoms with Crippen molar-refractivity contribution in [2.45, 2.75) is 53.5 Å². The summed E-state index contributed by atoms with van der Waals surface area (Å²) < 4.78 is 6.61. The monoisotopic (exact) mass is 350 g/mol. The van der Waals surface area contributed by atoms with Crippen molar-refractivity contribution in [2.75, 3.05) is 6.61 Å². The molecule has 0 aliphatic heterocycles. The van der Waals surface area contributed by atoms with Gasteiger partial charge in [-0.2, -0.15) is 0 Å². The molecule has 0 bridgehead atoms. The van der Waals surface area contributed by atoms with Crippen molar-refractivity contribution >= 4 is 33.3 Å². The van der Waals surface area contributed by atoms with Crippen LogP contribution in [0.25, 0.3) is 10.2 Å². The molecule has 0 spiro atoms. The summed E-state index contributed by atoms with van der Waals surface area (Å²) in [6.45, 7) is 9.45. The first-order valence-electron chi connectivity index (χ1n) is 7.98. The molecule has 0 aliphatic carbocycles. The molecule has 0 unspecified atom stereocenters. The summed E-state index contributed by atoms with van der Waals surface area (Å²) in [4.78, 5) is 41.9. The van der Waals surface area contributed by atoms with Gasteiger partial charge < -0.3 is 4.74 Å². The van der Waals surface area contributed by atoms with E-state index in [1.807, 2.05) is 13.8 Å². The van der Waals surface area contributed by atoms with Crippen molar-refractivity contribution in [3.63, 3.8) is 0 Å². The minimum Gasteiger partial charge on any atom is -0.462 e. The van der Waals surface area contributed by atoms with Crippen LogP contribution in [0.15, 0.2) is 4.79 Å². The number of hydrogen-bond acceptors (Lipinski definition) is 6. The Morgan fingerprint density at radius 2 is 2.00 bits per heavy atom. The average molecular weight is 350 g/mol. The lowest BCUT2D eigenvalue weighted by Crippen LogP contribution is -2.27. The highest BCUT2D eigenvalue weighted by Crippen LogP contribution is 2.29. The molecular formula is C17H22N2O4S. The lowest BCUT2D eigenvalue weighted by molar-refractivity contribution is -0.117. The minimum absolute atomic E-state index is 0.0194. The number of esters is 1. The lowest BCUT2D eigenvalue weighted by atomic mass is 10.1. The number of ketones is 1. The molecule has 6 nitrogen and oxygen atoms in total. The van der Waals surface area contributed by atoms with Crippen LogP contribution in [0.1, 0.15) is 61.1 Å². The zero-order valence-electron chi connectivity index (χ0n) is 14.6. The van der Waals surface area contributed by atoms with E-state index in [2.05, 4.69) is 4.98 Å². The molecule has 24 heavy (non-hydrogen) atoms. The van der Waals surface area contributed by atoms with E-state index in [1.165, 1.54) is 18.3 Å². The van der Waals surface area contributed by atoms with Gasteiger partial charge in [0.05, 0.1) is 12.0 Å². The van der Waals surface area contributed by atoms with Gasteiger partial charge in [0.2, 0.25) is 0 Å². The Labute approximate surface area is 144 Å². The first-order chi connectivity index (χ1) is 11.3.